The van der Waals surface area contributed by atoms with E-state index in [1.165, 1.54) is 4.90 Å². The van der Waals surface area contributed by atoms with Gasteiger partial charge in [0, 0.05) is 24.6 Å². The summed E-state index contributed by atoms with van der Waals surface area (Å²) < 4.78 is 0. The Bertz CT molecular complexity index is 838. The molecule has 2 saturated heterocycles. The number of piperidine rings is 2. The van der Waals surface area contributed by atoms with Gasteiger partial charge in [-0.3, -0.25) is 14.4 Å². The lowest BCUT2D eigenvalue weighted by molar-refractivity contribution is -0.146. The average Bonchev–Trinajstić information content (AvgIpc) is 2.85. The summed E-state index contributed by atoms with van der Waals surface area (Å²) >= 11 is 0. The van der Waals surface area contributed by atoms with Crippen LogP contribution in [-0.2, 0) is 9.59 Å². The van der Waals surface area contributed by atoms with Crippen molar-refractivity contribution in [3.05, 3.63) is 29.8 Å². The summed E-state index contributed by atoms with van der Waals surface area (Å²) in [5, 5.41) is 0. The average molecular weight is 383 g/mol. The normalized spacial score (nSPS) is 30.1. The summed E-state index contributed by atoms with van der Waals surface area (Å²) in [7, 11) is 0. The number of rotatable bonds is 2. The fraction of sp³-hybridized carbons (Fsp3) is 0.609. The van der Waals surface area contributed by atoms with Crippen LogP contribution in [0.25, 0.3) is 0 Å². The van der Waals surface area contributed by atoms with Gasteiger partial charge in [0.1, 0.15) is 0 Å². The molecule has 3 amide bonds. The number of imide groups is 1. The third-order valence-corrected chi connectivity index (χ3v) is 7.84. The lowest BCUT2D eigenvalue weighted by Gasteiger charge is -2.47. The van der Waals surface area contributed by atoms with E-state index in [4.69, 9.17) is 0 Å². The highest BCUT2D eigenvalue weighted by Crippen LogP contribution is 2.60. The highest BCUT2D eigenvalue weighted by Gasteiger charge is 2.64. The molecule has 2 heterocycles. The smallest absolute Gasteiger partial charge is 0.253 e. The number of likely N-dealkylation sites (tertiary alicyclic amines) is 1. The summed E-state index contributed by atoms with van der Waals surface area (Å²) in [6.45, 7) is 9.80. The molecule has 4 rings (SSSR count). The molecule has 1 aliphatic carbocycles. The number of hydrogen-bond acceptors (Lipinski definition) is 3. The first kappa shape index (κ1) is 19.2. The highest BCUT2D eigenvalue weighted by molar-refractivity contribution is 6.20. The second-order valence-electron chi connectivity index (χ2n) is 9.65. The van der Waals surface area contributed by atoms with E-state index in [9.17, 15) is 14.4 Å². The van der Waals surface area contributed by atoms with E-state index in [1.807, 2.05) is 25.7 Å². The number of fused-ring (bicyclic) bond motifs is 2. The van der Waals surface area contributed by atoms with Crippen LogP contribution in [0, 0.1) is 22.7 Å². The maximum atomic E-state index is 13.4. The standard InChI is InChI=1S/C23H30N2O3/c1-15-9-12-24(13-10-15)19(26)16-6-5-7-17(14-16)25-20(27)18-8-11-23(4,21(25)28)22(18,2)3/h5-7,14-15,18H,8-13H2,1-4H3/t18-,23+/m1/s1. The minimum absolute atomic E-state index is 0.0137. The van der Waals surface area contributed by atoms with E-state index in [1.54, 1.807) is 24.3 Å². The van der Waals surface area contributed by atoms with Crippen LogP contribution in [0.4, 0.5) is 5.69 Å². The SMILES string of the molecule is CC1CCN(C(=O)c2cccc(N3C(=O)[C@H]4CC[C@@](C)(C3=O)C4(C)C)c2)CC1. The van der Waals surface area contributed by atoms with Crippen molar-refractivity contribution in [2.75, 3.05) is 18.0 Å². The summed E-state index contributed by atoms with van der Waals surface area (Å²) in [6.07, 6.45) is 3.51. The van der Waals surface area contributed by atoms with Gasteiger partial charge in [0.05, 0.1) is 11.1 Å². The van der Waals surface area contributed by atoms with Gasteiger partial charge in [-0.05, 0) is 55.2 Å². The molecule has 0 N–H and O–H groups in total. The molecule has 0 aromatic heterocycles. The molecule has 1 aromatic carbocycles. The van der Waals surface area contributed by atoms with Crippen LogP contribution in [-0.4, -0.2) is 35.7 Å². The van der Waals surface area contributed by atoms with Crippen LogP contribution < -0.4 is 4.90 Å². The van der Waals surface area contributed by atoms with Crippen LogP contribution in [0.2, 0.25) is 0 Å². The predicted octanol–water partition coefficient (Wildman–Crippen LogP) is 3.87. The Hall–Kier alpha value is -2.17. The minimum Gasteiger partial charge on any atom is -0.339 e. The van der Waals surface area contributed by atoms with Gasteiger partial charge in [0.15, 0.2) is 0 Å². The van der Waals surface area contributed by atoms with Gasteiger partial charge < -0.3 is 4.90 Å². The summed E-state index contributed by atoms with van der Waals surface area (Å²) in [5.74, 6) is 0.228. The van der Waals surface area contributed by atoms with Crippen molar-refractivity contribution in [3.63, 3.8) is 0 Å². The molecule has 150 valence electrons. The van der Waals surface area contributed by atoms with Gasteiger partial charge in [-0.2, -0.15) is 0 Å². The first-order valence-corrected chi connectivity index (χ1v) is 10.4. The van der Waals surface area contributed by atoms with Crippen molar-refractivity contribution < 1.29 is 14.4 Å². The van der Waals surface area contributed by atoms with Crippen LogP contribution >= 0.6 is 0 Å². The Labute approximate surface area is 167 Å². The molecular weight excluding hydrogens is 352 g/mol. The second kappa shape index (κ2) is 6.43. The first-order chi connectivity index (χ1) is 13.2. The summed E-state index contributed by atoms with van der Waals surface area (Å²) in [6, 6.07) is 7.05. The van der Waals surface area contributed by atoms with Crippen LogP contribution in [0.1, 0.15) is 63.7 Å². The molecule has 2 bridgehead atoms. The van der Waals surface area contributed by atoms with E-state index in [0.29, 0.717) is 17.2 Å². The number of anilines is 1. The maximum Gasteiger partial charge on any atom is 0.253 e. The lowest BCUT2D eigenvalue weighted by Crippen LogP contribution is -2.59. The molecule has 3 aliphatic rings. The quantitative estimate of drug-likeness (QED) is 0.730. The number of amides is 3. The first-order valence-electron chi connectivity index (χ1n) is 10.4. The van der Waals surface area contributed by atoms with Gasteiger partial charge in [-0.25, -0.2) is 4.90 Å². The van der Waals surface area contributed by atoms with Crippen molar-refractivity contribution in [3.8, 4) is 0 Å². The van der Waals surface area contributed by atoms with Gasteiger partial charge >= 0.3 is 0 Å². The molecule has 0 unspecified atom stereocenters. The Morgan fingerprint density at radius 2 is 1.75 bits per heavy atom. The molecule has 1 saturated carbocycles. The van der Waals surface area contributed by atoms with Gasteiger partial charge in [-0.15, -0.1) is 0 Å². The molecular formula is C23H30N2O3. The Morgan fingerprint density at radius 1 is 1.07 bits per heavy atom. The van der Waals surface area contributed by atoms with E-state index < -0.39 is 5.41 Å². The fourth-order valence-corrected chi connectivity index (χ4v) is 5.23. The molecule has 2 atom stereocenters. The van der Waals surface area contributed by atoms with Crippen molar-refractivity contribution in [1.29, 1.82) is 0 Å². The number of hydrogen-bond donors (Lipinski definition) is 0. The maximum absolute atomic E-state index is 13.4. The van der Waals surface area contributed by atoms with E-state index >= 15 is 0 Å². The minimum atomic E-state index is -0.547. The zero-order chi connectivity index (χ0) is 20.3. The largest absolute Gasteiger partial charge is 0.339 e. The molecule has 2 aliphatic heterocycles. The topological polar surface area (TPSA) is 57.7 Å². The molecule has 5 heteroatoms. The van der Waals surface area contributed by atoms with Gasteiger partial charge in [0.25, 0.3) is 5.91 Å². The van der Waals surface area contributed by atoms with Crippen LogP contribution in [0.5, 0.6) is 0 Å². The zero-order valence-corrected chi connectivity index (χ0v) is 17.3. The lowest BCUT2D eigenvalue weighted by atomic mass is 9.62. The van der Waals surface area contributed by atoms with Gasteiger partial charge in [-0.1, -0.05) is 33.8 Å². The highest BCUT2D eigenvalue weighted by atomic mass is 16.2. The van der Waals surface area contributed by atoms with Gasteiger partial charge in [0.2, 0.25) is 11.8 Å². The van der Waals surface area contributed by atoms with Crippen molar-refractivity contribution in [1.82, 2.24) is 4.90 Å². The number of carbonyl (C=O) groups excluding carboxylic acids is 3. The molecule has 0 radical (unpaired) electrons. The molecule has 1 aromatic rings. The molecule has 28 heavy (non-hydrogen) atoms. The molecule has 5 nitrogen and oxygen atoms in total. The van der Waals surface area contributed by atoms with Crippen LogP contribution in [0.15, 0.2) is 24.3 Å². The predicted molar refractivity (Wildman–Crippen MR) is 108 cm³/mol. The van der Waals surface area contributed by atoms with Crippen LogP contribution in [0.3, 0.4) is 0 Å². The Morgan fingerprint density at radius 3 is 2.43 bits per heavy atom. The monoisotopic (exact) mass is 382 g/mol. The Kier molecular flexibility index (Phi) is 4.40. The van der Waals surface area contributed by atoms with E-state index in [0.717, 1.165) is 38.8 Å². The Balaban J connectivity index is 1.64. The molecule has 0 spiro atoms. The number of benzene rings is 1. The van der Waals surface area contributed by atoms with Crippen molar-refractivity contribution in [2.24, 2.45) is 22.7 Å². The van der Waals surface area contributed by atoms with E-state index in [2.05, 4.69) is 6.92 Å². The second-order valence-corrected chi connectivity index (χ2v) is 9.65. The van der Waals surface area contributed by atoms with Crippen molar-refractivity contribution >= 4 is 23.4 Å². The molecule has 3 fully saturated rings. The van der Waals surface area contributed by atoms with E-state index in [-0.39, 0.29) is 29.1 Å². The fourth-order valence-electron chi connectivity index (χ4n) is 5.23. The van der Waals surface area contributed by atoms with Crippen molar-refractivity contribution in [2.45, 2.75) is 53.4 Å². The third kappa shape index (κ3) is 2.62. The third-order valence-electron chi connectivity index (χ3n) is 7.84. The number of nitrogens with zero attached hydrogens (tertiary/aromatic N) is 2. The zero-order valence-electron chi connectivity index (χ0n) is 17.3. The summed E-state index contributed by atoms with van der Waals surface area (Å²) in [5.41, 5.74) is 0.194. The summed E-state index contributed by atoms with van der Waals surface area (Å²) in [4.78, 5) is 42.7. The number of carbonyl (C=O) groups is 3.